The van der Waals surface area contributed by atoms with Crippen molar-refractivity contribution in [3.05, 3.63) is 74.6 Å². The van der Waals surface area contributed by atoms with Crippen molar-refractivity contribution in [1.29, 1.82) is 0 Å². The van der Waals surface area contributed by atoms with Gasteiger partial charge in [0.25, 0.3) is 11.6 Å². The number of aryl methyl sites for hydroxylation is 3. The minimum atomic E-state index is -0.555. The van der Waals surface area contributed by atoms with Crippen LogP contribution in [0.25, 0.3) is 0 Å². The van der Waals surface area contributed by atoms with Gasteiger partial charge in [0, 0.05) is 29.9 Å². The fourth-order valence-electron chi connectivity index (χ4n) is 2.50. The summed E-state index contributed by atoms with van der Waals surface area (Å²) in [7, 11) is 1.72. The zero-order valence-corrected chi connectivity index (χ0v) is 16.1. The first-order valence-electron chi connectivity index (χ1n) is 8.28. The molecule has 0 unspecified atom stereocenters. The maximum atomic E-state index is 12.4. The van der Waals surface area contributed by atoms with Crippen molar-refractivity contribution in [3.63, 3.8) is 0 Å². The highest BCUT2D eigenvalue weighted by Gasteiger charge is 2.16. The first-order chi connectivity index (χ1) is 13.2. The van der Waals surface area contributed by atoms with Gasteiger partial charge in [-0.25, -0.2) is 0 Å². The van der Waals surface area contributed by atoms with Crippen LogP contribution in [-0.2, 0) is 7.05 Å². The van der Waals surface area contributed by atoms with Gasteiger partial charge in [-0.1, -0.05) is 11.6 Å². The number of benzene rings is 2. The molecule has 1 heterocycles. The lowest BCUT2D eigenvalue weighted by Crippen LogP contribution is -2.13. The maximum absolute atomic E-state index is 12.4. The van der Waals surface area contributed by atoms with E-state index in [4.69, 9.17) is 16.3 Å². The Bertz CT molecular complexity index is 1060. The van der Waals surface area contributed by atoms with Crippen LogP contribution in [0.2, 0.25) is 5.02 Å². The molecule has 3 rings (SSSR count). The molecule has 0 bridgehead atoms. The fraction of sp³-hybridized carbons (Fsp3) is 0.158. The van der Waals surface area contributed by atoms with Gasteiger partial charge < -0.3 is 10.1 Å². The smallest absolute Gasteiger partial charge is 0.276 e. The van der Waals surface area contributed by atoms with Crippen LogP contribution in [0.15, 0.2) is 42.5 Å². The minimum absolute atomic E-state index is 0.210. The van der Waals surface area contributed by atoms with Crippen molar-refractivity contribution in [2.75, 3.05) is 5.32 Å². The summed E-state index contributed by atoms with van der Waals surface area (Å²) in [5.41, 5.74) is 1.84. The number of aromatic nitrogens is 2. The normalized spacial score (nSPS) is 10.6. The summed E-state index contributed by atoms with van der Waals surface area (Å²) < 4.78 is 7.29. The van der Waals surface area contributed by atoms with E-state index in [9.17, 15) is 14.9 Å². The van der Waals surface area contributed by atoms with E-state index in [0.29, 0.717) is 10.8 Å². The molecule has 144 valence electrons. The number of nitrogens with zero attached hydrogens (tertiary/aromatic N) is 3. The predicted molar refractivity (Wildman–Crippen MR) is 105 cm³/mol. The maximum Gasteiger partial charge on any atom is 0.276 e. The van der Waals surface area contributed by atoms with Crippen molar-refractivity contribution in [2.45, 2.75) is 13.8 Å². The van der Waals surface area contributed by atoms with E-state index >= 15 is 0 Å². The van der Waals surface area contributed by atoms with E-state index in [0.717, 1.165) is 11.3 Å². The van der Waals surface area contributed by atoms with Gasteiger partial charge in [-0.3, -0.25) is 19.6 Å². The van der Waals surface area contributed by atoms with Crippen LogP contribution in [0.4, 0.5) is 11.4 Å². The highest BCUT2D eigenvalue weighted by molar-refractivity contribution is 6.31. The topological polar surface area (TPSA) is 99.3 Å². The second-order valence-electron chi connectivity index (χ2n) is 6.23. The van der Waals surface area contributed by atoms with Crippen LogP contribution >= 0.6 is 11.6 Å². The Morgan fingerprint density at radius 2 is 1.93 bits per heavy atom. The van der Waals surface area contributed by atoms with E-state index in [1.54, 1.807) is 36.0 Å². The molecular formula is C19H17ClN4O4. The molecule has 1 N–H and O–H groups in total. The summed E-state index contributed by atoms with van der Waals surface area (Å²) in [6, 6.07) is 10.7. The molecule has 2 aromatic carbocycles. The summed E-state index contributed by atoms with van der Waals surface area (Å²) >= 11 is 6.00. The molecular weight excluding hydrogens is 384 g/mol. The van der Waals surface area contributed by atoms with Crippen LogP contribution in [0, 0.1) is 24.0 Å². The molecule has 0 spiro atoms. The Kier molecular flexibility index (Phi) is 5.32. The van der Waals surface area contributed by atoms with Crippen LogP contribution < -0.4 is 10.1 Å². The fourth-order valence-corrected chi connectivity index (χ4v) is 2.62. The van der Waals surface area contributed by atoms with Crippen molar-refractivity contribution >= 4 is 28.9 Å². The molecule has 0 saturated heterocycles. The lowest BCUT2D eigenvalue weighted by Gasteiger charge is -2.10. The summed E-state index contributed by atoms with van der Waals surface area (Å²) in [6.07, 6.45) is 0. The Labute approximate surface area is 165 Å². The summed E-state index contributed by atoms with van der Waals surface area (Å²) in [5.74, 6) is 0.209. The molecule has 1 aromatic heterocycles. The average Bonchev–Trinajstić information content (AvgIpc) is 2.97. The van der Waals surface area contributed by atoms with Crippen LogP contribution in [0.5, 0.6) is 11.5 Å². The summed E-state index contributed by atoms with van der Waals surface area (Å²) in [4.78, 5) is 23.1. The van der Waals surface area contributed by atoms with E-state index in [1.165, 1.54) is 18.2 Å². The van der Waals surface area contributed by atoms with Gasteiger partial charge >= 0.3 is 0 Å². The van der Waals surface area contributed by atoms with Gasteiger partial charge in [0.1, 0.15) is 11.5 Å². The molecule has 0 aliphatic carbocycles. The second kappa shape index (κ2) is 7.69. The highest BCUT2D eigenvalue weighted by atomic mass is 35.5. The highest BCUT2D eigenvalue weighted by Crippen LogP contribution is 2.31. The molecule has 0 fully saturated rings. The molecule has 28 heavy (non-hydrogen) atoms. The molecule has 9 heteroatoms. The van der Waals surface area contributed by atoms with Crippen LogP contribution in [0.1, 0.15) is 21.7 Å². The Morgan fingerprint density at radius 3 is 2.54 bits per heavy atom. The van der Waals surface area contributed by atoms with Crippen molar-refractivity contribution < 1.29 is 14.5 Å². The Hall–Kier alpha value is -3.39. The van der Waals surface area contributed by atoms with Crippen molar-refractivity contribution in [1.82, 2.24) is 9.78 Å². The summed E-state index contributed by atoms with van der Waals surface area (Å²) in [6.45, 7) is 3.64. The quantitative estimate of drug-likeness (QED) is 0.496. The van der Waals surface area contributed by atoms with E-state index in [-0.39, 0.29) is 22.8 Å². The van der Waals surface area contributed by atoms with E-state index in [1.807, 2.05) is 13.8 Å². The molecule has 0 aliphatic heterocycles. The van der Waals surface area contributed by atoms with E-state index in [2.05, 4.69) is 10.4 Å². The summed E-state index contributed by atoms with van der Waals surface area (Å²) in [5, 5.41) is 18.6. The molecule has 0 atom stereocenters. The number of nitro groups is 1. The number of halogens is 1. The largest absolute Gasteiger partial charge is 0.457 e. The number of anilines is 1. The van der Waals surface area contributed by atoms with Crippen molar-refractivity contribution in [3.8, 4) is 11.5 Å². The minimum Gasteiger partial charge on any atom is -0.457 e. The number of hydrogen-bond donors (Lipinski definition) is 1. The zero-order valence-electron chi connectivity index (χ0n) is 15.4. The lowest BCUT2D eigenvalue weighted by atomic mass is 10.2. The van der Waals surface area contributed by atoms with Gasteiger partial charge in [-0.15, -0.1) is 0 Å². The van der Waals surface area contributed by atoms with Gasteiger partial charge in [-0.2, -0.15) is 5.10 Å². The number of non-ortho nitro benzene ring substituents is 1. The third-order valence-electron chi connectivity index (χ3n) is 4.07. The number of rotatable bonds is 5. The molecule has 0 radical (unpaired) electrons. The van der Waals surface area contributed by atoms with Gasteiger partial charge in [0.15, 0.2) is 5.69 Å². The molecule has 0 saturated carbocycles. The van der Waals surface area contributed by atoms with Crippen molar-refractivity contribution in [2.24, 2.45) is 7.05 Å². The molecule has 3 aromatic rings. The molecule has 0 aliphatic rings. The van der Waals surface area contributed by atoms with Gasteiger partial charge in [0.2, 0.25) is 0 Å². The lowest BCUT2D eigenvalue weighted by molar-refractivity contribution is -0.384. The third-order valence-corrected chi connectivity index (χ3v) is 4.50. The SMILES string of the molecule is Cc1cc(Oc2cc(NC(=O)c3cc(C)n(C)n3)cc([N+](=O)[O-])c2)ccc1Cl. The number of ether oxygens (including phenoxy) is 1. The number of amides is 1. The van der Waals surface area contributed by atoms with Crippen LogP contribution in [0.3, 0.4) is 0 Å². The Balaban J connectivity index is 1.89. The van der Waals surface area contributed by atoms with Gasteiger partial charge in [0.05, 0.1) is 16.7 Å². The number of hydrogen-bond acceptors (Lipinski definition) is 5. The number of nitro benzene ring substituents is 1. The van der Waals surface area contributed by atoms with E-state index < -0.39 is 10.8 Å². The monoisotopic (exact) mass is 400 g/mol. The number of nitrogens with one attached hydrogen (secondary N) is 1. The standard InChI is InChI=1S/C19H17ClN4O4/c1-11-6-15(4-5-17(11)20)28-16-9-13(8-14(10-16)24(26)27)21-19(25)18-7-12(2)23(3)22-18/h4-10H,1-3H3,(H,21,25). The first-order valence-corrected chi connectivity index (χ1v) is 8.66. The molecule has 8 nitrogen and oxygen atoms in total. The first kappa shape index (κ1) is 19.4. The molecule has 1 amide bonds. The number of carbonyl (C=O) groups is 1. The average molecular weight is 401 g/mol. The zero-order chi connectivity index (χ0) is 20.4. The second-order valence-corrected chi connectivity index (χ2v) is 6.64. The number of carbonyl (C=O) groups excluding carboxylic acids is 1. The predicted octanol–water partition coefficient (Wildman–Crippen LogP) is 4.64. The van der Waals surface area contributed by atoms with Gasteiger partial charge in [-0.05, 0) is 43.7 Å². The Morgan fingerprint density at radius 1 is 1.18 bits per heavy atom. The van der Waals surface area contributed by atoms with Crippen LogP contribution in [-0.4, -0.2) is 20.6 Å². The third kappa shape index (κ3) is 4.29.